The second kappa shape index (κ2) is 6.12. The third-order valence-electron chi connectivity index (χ3n) is 5.21. The summed E-state index contributed by atoms with van der Waals surface area (Å²) < 4.78 is 199. The van der Waals surface area contributed by atoms with E-state index < -0.39 is 112 Å². The normalized spacial score (nSPS) is 20.1. The minimum atomic E-state index is -8.39. The van der Waals surface area contributed by atoms with Crippen LogP contribution in [-0.2, 0) is 0 Å². The number of hydrogen-bond acceptors (Lipinski definition) is 6. The number of halogens is 12. The quantitative estimate of drug-likeness (QED) is 0.131. The van der Waals surface area contributed by atoms with E-state index in [-0.39, 0.29) is 0 Å². The molecule has 3 aromatic rings. The van der Waals surface area contributed by atoms with Gasteiger partial charge < -0.3 is 0 Å². The van der Waals surface area contributed by atoms with Gasteiger partial charge in [-0.05, 0) is 0 Å². The Bertz CT molecular complexity index is 1350. The third-order valence-corrected chi connectivity index (χ3v) is 8.55. The first-order valence-electron chi connectivity index (χ1n) is 9.09. The molecule has 0 N–H and O–H groups in total. The van der Waals surface area contributed by atoms with Crippen molar-refractivity contribution in [2.45, 2.75) is 0 Å². The van der Waals surface area contributed by atoms with Gasteiger partial charge in [0.05, 0.1) is 0 Å². The van der Waals surface area contributed by atoms with Gasteiger partial charge in [-0.15, -0.1) is 0 Å². The Labute approximate surface area is 192 Å². The van der Waals surface area contributed by atoms with Gasteiger partial charge in [-0.2, -0.15) is 0 Å². The van der Waals surface area contributed by atoms with Crippen LogP contribution < -0.4 is 27.1 Å². The summed E-state index contributed by atoms with van der Waals surface area (Å²) in [6, 6.07) is 0. The van der Waals surface area contributed by atoms with E-state index in [1.54, 1.807) is 0 Å². The van der Waals surface area contributed by atoms with Gasteiger partial charge in [0.2, 0.25) is 0 Å². The Balaban J connectivity index is 1.72. The van der Waals surface area contributed by atoms with E-state index in [4.69, 9.17) is 27.1 Å². The van der Waals surface area contributed by atoms with Crippen molar-refractivity contribution >= 4 is 7.31 Å². The van der Waals surface area contributed by atoms with E-state index in [2.05, 4.69) is 0 Å². The molecule has 6 nitrogen and oxygen atoms in total. The minimum absolute atomic E-state index is 1.99. The second-order valence-corrected chi connectivity index (χ2v) is 10.7. The van der Waals surface area contributed by atoms with Gasteiger partial charge in [-0.1, -0.05) is 0 Å². The van der Waals surface area contributed by atoms with Gasteiger partial charge in [0.25, 0.3) is 0 Å². The van der Waals surface area contributed by atoms with E-state index in [1.165, 1.54) is 0 Å². The molecule has 37 heavy (non-hydrogen) atoms. The third kappa shape index (κ3) is 2.39. The fourth-order valence-electron chi connectivity index (χ4n) is 3.66. The van der Waals surface area contributed by atoms with Crippen molar-refractivity contribution in [2.24, 2.45) is 0 Å². The van der Waals surface area contributed by atoms with Crippen LogP contribution in [-0.4, -0.2) is 0 Å². The van der Waals surface area contributed by atoms with E-state index >= 15 is 0 Å². The first-order chi connectivity index (χ1) is 17.1. The summed E-state index contributed by atoms with van der Waals surface area (Å²) in [5.74, 6) is -42.8. The maximum absolute atomic E-state index is 14.5. The summed E-state index contributed by atoms with van der Waals surface area (Å²) in [5.41, 5.74) is 0. The number of fused-ring (bicyclic) bond motifs is 3. The fourth-order valence-corrected chi connectivity index (χ4v) is 7.43. The van der Waals surface area contributed by atoms with Crippen molar-refractivity contribution in [3.05, 3.63) is 69.8 Å². The Hall–Kier alpha value is -3.95. The molecule has 0 amide bonds. The van der Waals surface area contributed by atoms with Crippen molar-refractivity contribution in [1.29, 1.82) is 0 Å². The molecule has 0 fully saturated rings. The molecule has 3 aromatic carbocycles. The molecule has 0 saturated heterocycles. The summed E-state index contributed by atoms with van der Waals surface area (Å²) >= 11 is 0. The average molecular weight is 571 g/mol. The van der Waals surface area contributed by atoms with Crippen LogP contribution in [0.15, 0.2) is 0 Å². The summed E-state index contributed by atoms with van der Waals surface area (Å²) in [5, 5.41) is 0. The summed E-state index contributed by atoms with van der Waals surface area (Å²) in [4.78, 5) is 0. The van der Waals surface area contributed by atoms with Crippen molar-refractivity contribution in [3.63, 3.8) is 0 Å². The molecule has 3 aliphatic rings. The predicted octanol–water partition coefficient (Wildman–Crippen LogP) is 6.65. The maximum atomic E-state index is 14.5. The zero-order valence-electron chi connectivity index (χ0n) is 16.4. The molecular weight excluding hydrogens is 571 g/mol. The standard InChI is InChI=1S/C18F12O6P/c19-1-2(20)8(26)14-13(7(1)25)31-37(32-14,33-15-9(27)3(21)4(22)10(28)16(15)34-37)35-17-11(29)5(23)6(24)12(30)18(17)36-37/q-1. The summed E-state index contributed by atoms with van der Waals surface area (Å²) in [7, 11) is -8.39. The average Bonchev–Trinajstić information content (AvgIpc) is 3.48. The van der Waals surface area contributed by atoms with Gasteiger partial charge in [0, 0.05) is 0 Å². The SMILES string of the molecule is Fc1c(F)c(F)c2c(c1F)O[P-]13(O2)(Oc2c(F)c(F)c(F)c(F)c2O1)Oc1c(F)c(F)c(F)c(F)c1O3. The van der Waals surface area contributed by atoms with Crippen LogP contribution in [0.3, 0.4) is 0 Å². The van der Waals surface area contributed by atoms with Crippen LogP contribution >= 0.6 is 7.31 Å². The van der Waals surface area contributed by atoms with E-state index in [0.29, 0.717) is 0 Å². The van der Waals surface area contributed by atoms with Crippen molar-refractivity contribution in [2.75, 3.05) is 0 Å². The molecule has 0 aromatic heterocycles. The van der Waals surface area contributed by atoms with Crippen LogP contribution in [0.5, 0.6) is 34.5 Å². The molecule has 1 spiro atoms. The first-order valence-corrected chi connectivity index (χ1v) is 11.3. The Morgan fingerprint density at radius 3 is 0.514 bits per heavy atom. The Morgan fingerprint density at radius 2 is 0.378 bits per heavy atom. The summed E-state index contributed by atoms with van der Waals surface area (Å²) in [6.45, 7) is 0. The zero-order valence-corrected chi connectivity index (χ0v) is 17.3. The van der Waals surface area contributed by atoms with E-state index in [9.17, 15) is 52.7 Å². The summed E-state index contributed by atoms with van der Waals surface area (Å²) in [6.07, 6.45) is 0. The topological polar surface area (TPSA) is 55.4 Å². The number of benzene rings is 3. The molecule has 19 heteroatoms. The molecule has 0 unspecified atom stereocenters. The van der Waals surface area contributed by atoms with Gasteiger partial charge in [-0.25, -0.2) is 0 Å². The molecule has 0 bridgehead atoms. The predicted molar refractivity (Wildman–Crippen MR) is 89.5 cm³/mol. The molecule has 0 radical (unpaired) electrons. The van der Waals surface area contributed by atoms with Crippen LogP contribution in [0.4, 0.5) is 52.7 Å². The molecule has 3 aliphatic heterocycles. The molecule has 3 heterocycles. The number of rotatable bonds is 0. The molecule has 198 valence electrons. The van der Waals surface area contributed by atoms with Gasteiger partial charge in [-0.3, -0.25) is 0 Å². The Kier molecular flexibility index (Phi) is 3.88. The molecular formula is C18F12O6P-. The van der Waals surface area contributed by atoms with Crippen molar-refractivity contribution in [1.82, 2.24) is 0 Å². The first kappa shape index (κ1) is 23.4. The van der Waals surface area contributed by atoms with Crippen molar-refractivity contribution in [3.8, 4) is 34.5 Å². The van der Waals surface area contributed by atoms with Crippen LogP contribution in [0.1, 0.15) is 0 Å². The molecule has 0 aliphatic carbocycles. The second-order valence-electron chi connectivity index (χ2n) is 7.41. The molecule has 0 saturated carbocycles. The number of hydrogen-bond donors (Lipinski definition) is 0. The van der Waals surface area contributed by atoms with Crippen LogP contribution in [0.25, 0.3) is 0 Å². The zero-order chi connectivity index (χ0) is 27.0. The van der Waals surface area contributed by atoms with Gasteiger partial charge >= 0.3 is 191 Å². The fraction of sp³-hybridized carbons (Fsp3) is 0. The van der Waals surface area contributed by atoms with E-state index in [0.717, 1.165) is 0 Å². The Morgan fingerprint density at radius 1 is 0.243 bits per heavy atom. The van der Waals surface area contributed by atoms with E-state index in [1.807, 2.05) is 0 Å². The van der Waals surface area contributed by atoms with Crippen molar-refractivity contribution < 1.29 is 79.8 Å². The molecule has 0 atom stereocenters. The molecule has 6 rings (SSSR count). The van der Waals surface area contributed by atoms with Gasteiger partial charge in [0.1, 0.15) is 0 Å². The van der Waals surface area contributed by atoms with Gasteiger partial charge in [0.15, 0.2) is 0 Å². The van der Waals surface area contributed by atoms with Crippen LogP contribution in [0.2, 0.25) is 0 Å². The monoisotopic (exact) mass is 571 g/mol. The van der Waals surface area contributed by atoms with Crippen LogP contribution in [0, 0.1) is 69.8 Å².